The first-order valence-electron chi connectivity index (χ1n) is 9.46. The van der Waals surface area contributed by atoms with Crippen LogP contribution in [0.15, 0.2) is 77.6 Å². The number of likely N-dealkylation sites (tertiary alicyclic amines) is 1. The van der Waals surface area contributed by atoms with Gasteiger partial charge in [-0.25, -0.2) is 4.98 Å². The number of aryl methyl sites for hydroxylation is 1. The predicted molar refractivity (Wildman–Crippen MR) is 114 cm³/mol. The third-order valence-electron chi connectivity index (χ3n) is 5.03. The minimum atomic E-state index is -0.683. The Morgan fingerprint density at radius 3 is 2.57 bits per heavy atom. The molecule has 2 aromatic heterocycles. The van der Waals surface area contributed by atoms with E-state index in [9.17, 15) is 14.7 Å². The molecule has 3 aromatic rings. The third kappa shape index (κ3) is 3.91. The average molecular weight is 467 g/mol. The summed E-state index contributed by atoms with van der Waals surface area (Å²) in [6.45, 7) is 1.03. The number of carbonyl (C=O) groups is 2. The van der Waals surface area contributed by atoms with Crippen LogP contribution in [-0.4, -0.2) is 42.8 Å². The van der Waals surface area contributed by atoms with Crippen molar-refractivity contribution in [3.05, 3.63) is 88.7 Å². The molecule has 3 heterocycles. The maximum atomic E-state index is 12.9. The molecule has 152 valence electrons. The molecule has 1 aromatic carbocycles. The number of aliphatic hydroxyl groups excluding tert-OH is 1. The summed E-state index contributed by atoms with van der Waals surface area (Å²) in [7, 11) is 0. The van der Waals surface area contributed by atoms with E-state index in [-0.39, 0.29) is 11.3 Å². The first-order chi connectivity index (χ1) is 14.6. The van der Waals surface area contributed by atoms with Crippen LogP contribution in [0.3, 0.4) is 0 Å². The summed E-state index contributed by atoms with van der Waals surface area (Å²) in [5, 5.41) is 10.9. The van der Waals surface area contributed by atoms with Gasteiger partial charge in [-0.1, -0.05) is 28.1 Å². The minimum Gasteiger partial charge on any atom is -0.507 e. The monoisotopic (exact) mass is 466 g/mol. The van der Waals surface area contributed by atoms with Crippen molar-refractivity contribution in [2.75, 3.05) is 6.54 Å². The van der Waals surface area contributed by atoms with Gasteiger partial charge in [0.2, 0.25) is 0 Å². The summed E-state index contributed by atoms with van der Waals surface area (Å²) in [6, 6.07) is 9.98. The molecule has 1 amide bonds. The lowest BCUT2D eigenvalue weighted by atomic mass is 9.95. The van der Waals surface area contributed by atoms with E-state index in [1.807, 2.05) is 35.0 Å². The number of pyridine rings is 1. The van der Waals surface area contributed by atoms with E-state index in [1.165, 1.54) is 17.3 Å². The van der Waals surface area contributed by atoms with Crippen LogP contribution in [0.2, 0.25) is 0 Å². The van der Waals surface area contributed by atoms with E-state index in [4.69, 9.17) is 0 Å². The lowest BCUT2D eigenvalue weighted by Gasteiger charge is -2.25. The summed E-state index contributed by atoms with van der Waals surface area (Å²) in [5.41, 5.74) is 1.29. The Morgan fingerprint density at radius 2 is 1.87 bits per heavy atom. The van der Waals surface area contributed by atoms with Crippen molar-refractivity contribution < 1.29 is 14.7 Å². The number of ketones is 1. The highest BCUT2D eigenvalue weighted by atomic mass is 79.9. The molecule has 0 radical (unpaired) electrons. The van der Waals surface area contributed by atoms with Crippen molar-refractivity contribution in [3.8, 4) is 0 Å². The number of nitrogens with zero attached hydrogens (tertiary/aromatic N) is 4. The molecule has 1 unspecified atom stereocenters. The van der Waals surface area contributed by atoms with E-state index in [1.54, 1.807) is 24.7 Å². The molecule has 8 heteroatoms. The molecule has 1 aliphatic heterocycles. The molecule has 1 atom stereocenters. The number of hydrogen-bond acceptors (Lipinski definition) is 5. The van der Waals surface area contributed by atoms with Crippen LogP contribution < -0.4 is 0 Å². The smallest absolute Gasteiger partial charge is 0.295 e. The molecule has 30 heavy (non-hydrogen) atoms. The summed E-state index contributed by atoms with van der Waals surface area (Å²) in [5.74, 6) is -1.49. The van der Waals surface area contributed by atoms with E-state index >= 15 is 0 Å². The van der Waals surface area contributed by atoms with Gasteiger partial charge in [-0.15, -0.1) is 0 Å². The highest BCUT2D eigenvalue weighted by molar-refractivity contribution is 9.10. The number of Topliss-reactive ketones (excluding diaryl/α,β-unsaturated/α-hetero) is 1. The molecular weight excluding hydrogens is 448 g/mol. The topological polar surface area (TPSA) is 88.3 Å². The highest BCUT2D eigenvalue weighted by Gasteiger charge is 2.45. The second-order valence-corrected chi connectivity index (χ2v) is 7.85. The number of benzene rings is 1. The van der Waals surface area contributed by atoms with Crippen LogP contribution >= 0.6 is 15.9 Å². The summed E-state index contributed by atoms with van der Waals surface area (Å²) < 4.78 is 2.75. The molecule has 1 N–H and O–H groups in total. The Kier molecular flexibility index (Phi) is 5.76. The van der Waals surface area contributed by atoms with Crippen molar-refractivity contribution in [1.29, 1.82) is 0 Å². The van der Waals surface area contributed by atoms with Crippen LogP contribution in [0.1, 0.15) is 23.6 Å². The van der Waals surface area contributed by atoms with E-state index in [0.29, 0.717) is 25.1 Å². The number of aromatic nitrogens is 3. The zero-order chi connectivity index (χ0) is 21.1. The van der Waals surface area contributed by atoms with Gasteiger partial charge in [0.25, 0.3) is 11.7 Å². The fourth-order valence-electron chi connectivity index (χ4n) is 3.64. The number of hydrogen-bond donors (Lipinski definition) is 1. The quantitative estimate of drug-likeness (QED) is 0.340. The molecule has 0 bridgehead atoms. The molecule has 7 nitrogen and oxygen atoms in total. The van der Waals surface area contributed by atoms with E-state index in [0.717, 1.165) is 10.0 Å². The number of rotatable bonds is 6. The SMILES string of the molecule is O=C1C(=O)N(CCCn2ccnc2)C(c2cccc(Br)c2)C1=C(O)c1ccncc1. The number of carbonyl (C=O) groups excluding carboxylic acids is 2. The molecular formula is C22H19BrN4O3. The highest BCUT2D eigenvalue weighted by Crippen LogP contribution is 2.40. The molecule has 0 aliphatic carbocycles. The first kappa shape index (κ1) is 20.0. The second kappa shape index (κ2) is 8.62. The maximum Gasteiger partial charge on any atom is 0.295 e. The molecule has 1 fully saturated rings. The van der Waals surface area contributed by atoms with Crippen LogP contribution in [-0.2, 0) is 16.1 Å². The van der Waals surface area contributed by atoms with Crippen LogP contribution in [0.25, 0.3) is 5.76 Å². The van der Waals surface area contributed by atoms with Gasteiger partial charge in [0, 0.05) is 47.9 Å². The van der Waals surface area contributed by atoms with Crippen molar-refractivity contribution in [2.45, 2.75) is 19.0 Å². The van der Waals surface area contributed by atoms with Crippen LogP contribution in [0.4, 0.5) is 0 Å². The van der Waals surface area contributed by atoms with Gasteiger partial charge in [0.1, 0.15) is 5.76 Å². The first-order valence-corrected chi connectivity index (χ1v) is 10.3. The van der Waals surface area contributed by atoms with Crippen molar-refractivity contribution in [3.63, 3.8) is 0 Å². The standard InChI is InChI=1S/C22H19BrN4O3/c23-17-4-1-3-16(13-17)19-18(20(28)15-5-7-24-8-6-15)21(29)22(30)27(19)11-2-10-26-12-9-25-14-26/h1,3-9,12-14,19,28H,2,10-11H2. The lowest BCUT2D eigenvalue weighted by Crippen LogP contribution is -2.31. The van der Waals surface area contributed by atoms with Gasteiger partial charge in [-0.05, 0) is 36.2 Å². The number of amides is 1. The van der Waals surface area contributed by atoms with Gasteiger partial charge in [0.15, 0.2) is 0 Å². The van der Waals surface area contributed by atoms with Gasteiger partial charge < -0.3 is 14.6 Å². The molecule has 0 saturated carbocycles. The Bertz CT molecular complexity index is 1100. The molecule has 0 spiro atoms. The third-order valence-corrected chi connectivity index (χ3v) is 5.53. The number of aliphatic hydroxyl groups is 1. The van der Waals surface area contributed by atoms with Crippen molar-refractivity contribution in [1.82, 2.24) is 19.4 Å². The Balaban J connectivity index is 1.73. The fraction of sp³-hybridized carbons (Fsp3) is 0.182. The summed E-state index contributed by atoms with van der Waals surface area (Å²) in [6.07, 6.45) is 8.97. The largest absolute Gasteiger partial charge is 0.507 e. The van der Waals surface area contributed by atoms with Crippen LogP contribution in [0.5, 0.6) is 0 Å². The number of imidazole rings is 1. The summed E-state index contributed by atoms with van der Waals surface area (Å²) >= 11 is 3.45. The zero-order valence-corrected chi connectivity index (χ0v) is 17.6. The maximum absolute atomic E-state index is 12.9. The Hall–Kier alpha value is -3.26. The van der Waals surface area contributed by atoms with Gasteiger partial charge >= 0.3 is 0 Å². The van der Waals surface area contributed by atoms with Gasteiger partial charge in [-0.3, -0.25) is 14.6 Å². The Morgan fingerprint density at radius 1 is 1.07 bits per heavy atom. The predicted octanol–water partition coefficient (Wildman–Crippen LogP) is 3.55. The van der Waals surface area contributed by atoms with Gasteiger partial charge in [0.05, 0.1) is 17.9 Å². The molecule has 1 aliphatic rings. The van der Waals surface area contributed by atoms with E-state index < -0.39 is 17.7 Å². The van der Waals surface area contributed by atoms with Crippen molar-refractivity contribution in [2.24, 2.45) is 0 Å². The normalized spacial score (nSPS) is 18.2. The Labute approximate surface area is 181 Å². The fourth-order valence-corrected chi connectivity index (χ4v) is 4.06. The molecule has 4 rings (SSSR count). The number of halogens is 1. The van der Waals surface area contributed by atoms with Crippen molar-refractivity contribution >= 4 is 33.4 Å². The molecule has 1 saturated heterocycles. The average Bonchev–Trinajstić information content (AvgIpc) is 3.36. The lowest BCUT2D eigenvalue weighted by molar-refractivity contribution is -0.139. The minimum absolute atomic E-state index is 0.0898. The zero-order valence-electron chi connectivity index (χ0n) is 16.0. The van der Waals surface area contributed by atoms with Gasteiger partial charge in [-0.2, -0.15) is 0 Å². The van der Waals surface area contributed by atoms with Crippen LogP contribution in [0, 0.1) is 0 Å². The summed E-state index contributed by atoms with van der Waals surface area (Å²) in [4.78, 5) is 35.3. The second-order valence-electron chi connectivity index (χ2n) is 6.94. The van der Waals surface area contributed by atoms with E-state index in [2.05, 4.69) is 25.9 Å².